The third kappa shape index (κ3) is 32.8. The fraction of sp³-hybridized carbons (Fsp3) is 1.00. The summed E-state index contributed by atoms with van der Waals surface area (Å²) >= 11 is 0.365. The van der Waals surface area contributed by atoms with Gasteiger partial charge in [0.1, 0.15) is 0 Å². The van der Waals surface area contributed by atoms with Gasteiger partial charge in [-0.1, -0.05) is 52.4 Å². The molecule has 0 saturated carbocycles. The molecule has 0 aliphatic rings. The van der Waals surface area contributed by atoms with Crippen molar-refractivity contribution in [1.29, 1.82) is 0 Å². The van der Waals surface area contributed by atoms with Gasteiger partial charge in [0.15, 0.2) is 0 Å². The Kier molecular flexibility index (Phi) is 33.6. The van der Waals surface area contributed by atoms with E-state index in [4.69, 9.17) is 0 Å². The Labute approximate surface area is 222 Å². The zero-order valence-electron chi connectivity index (χ0n) is 23.6. The third-order valence-electron chi connectivity index (χ3n) is 7.28. The quantitative estimate of drug-likeness (QED) is 0.0588. The SMILES string of the molecule is CCCCCCCCCCCCCCCC[Te]CCCCCCCCCCCCCCCC. The summed E-state index contributed by atoms with van der Waals surface area (Å²) in [7, 11) is 0. The second-order valence-electron chi connectivity index (χ2n) is 10.8. The molecule has 0 spiro atoms. The summed E-state index contributed by atoms with van der Waals surface area (Å²) in [5.74, 6) is 0. The molecule has 0 aromatic rings. The van der Waals surface area contributed by atoms with Crippen molar-refractivity contribution in [1.82, 2.24) is 0 Å². The Morgan fingerprint density at radius 2 is 0.424 bits per heavy atom. The minimum atomic E-state index is 0.365. The normalized spacial score (nSPS) is 11.5. The van der Waals surface area contributed by atoms with Crippen molar-refractivity contribution in [3.8, 4) is 0 Å². The Bertz CT molecular complexity index is 284. The summed E-state index contributed by atoms with van der Waals surface area (Å²) in [6, 6.07) is 0. The van der Waals surface area contributed by atoms with Crippen molar-refractivity contribution in [3.63, 3.8) is 0 Å². The van der Waals surface area contributed by atoms with E-state index < -0.39 is 0 Å². The molecule has 0 aromatic heterocycles. The predicted octanol–water partition coefficient (Wildman–Crippen LogP) is 12.5. The number of rotatable bonds is 30. The fourth-order valence-corrected chi connectivity index (χ4v) is 7.81. The monoisotopic (exact) mass is 580 g/mol. The molecule has 0 bridgehead atoms. The van der Waals surface area contributed by atoms with E-state index in [0.717, 1.165) is 0 Å². The van der Waals surface area contributed by atoms with Crippen LogP contribution in [-0.2, 0) is 0 Å². The van der Waals surface area contributed by atoms with E-state index in [1.54, 1.807) is 21.8 Å². The fourth-order valence-electron chi connectivity index (χ4n) is 4.90. The van der Waals surface area contributed by atoms with Crippen molar-refractivity contribution in [3.05, 3.63) is 0 Å². The molecule has 0 saturated heterocycles. The topological polar surface area (TPSA) is 0 Å². The van der Waals surface area contributed by atoms with E-state index in [0.29, 0.717) is 20.9 Å². The minimum Gasteiger partial charge on any atom is -0.0654 e. The molecule has 1 heteroatoms. The summed E-state index contributed by atoms with van der Waals surface area (Å²) in [4.78, 5) is 0. The molecular weight excluding hydrogens is 512 g/mol. The Hall–Kier alpha value is 0.790. The first-order valence-corrected chi connectivity index (χ1v) is 19.3. The van der Waals surface area contributed by atoms with Crippen molar-refractivity contribution >= 4 is 20.9 Å². The van der Waals surface area contributed by atoms with Gasteiger partial charge in [-0.2, -0.15) is 0 Å². The summed E-state index contributed by atoms with van der Waals surface area (Å²) in [5, 5.41) is 0. The number of hydrogen-bond acceptors (Lipinski definition) is 0. The molecule has 0 atom stereocenters. The third-order valence-corrected chi connectivity index (χ3v) is 10.6. The standard InChI is InChI=1S/C32H66Te/c1-3-5-7-9-11-13-15-17-19-21-23-25-27-29-31-33-32-30-28-26-24-22-20-18-16-14-12-10-8-6-4-2/h3-32H2,1-2H3. The molecule has 0 aliphatic heterocycles. The van der Waals surface area contributed by atoms with Crippen LogP contribution in [0.5, 0.6) is 0 Å². The molecule has 0 N–H and O–H groups in total. The van der Waals surface area contributed by atoms with Gasteiger partial charge >= 0.3 is 171 Å². The molecule has 0 radical (unpaired) electrons. The first kappa shape index (κ1) is 33.8. The van der Waals surface area contributed by atoms with Crippen LogP contribution >= 0.6 is 0 Å². The van der Waals surface area contributed by atoms with E-state index in [9.17, 15) is 0 Å². The first-order valence-electron chi connectivity index (χ1n) is 16.0. The van der Waals surface area contributed by atoms with Crippen LogP contribution in [0.1, 0.15) is 194 Å². The molecular formula is C32H66Te. The van der Waals surface area contributed by atoms with Gasteiger partial charge in [-0.15, -0.1) is 0 Å². The van der Waals surface area contributed by atoms with Gasteiger partial charge < -0.3 is 0 Å². The molecule has 0 rings (SSSR count). The smallest absolute Gasteiger partial charge is 0.0654 e. The molecule has 0 fully saturated rings. The molecule has 0 nitrogen and oxygen atoms in total. The zero-order chi connectivity index (χ0) is 23.9. The van der Waals surface area contributed by atoms with E-state index in [2.05, 4.69) is 13.8 Å². The molecule has 200 valence electrons. The first-order chi connectivity index (χ1) is 16.4. The molecule has 0 aliphatic carbocycles. The van der Waals surface area contributed by atoms with Crippen LogP contribution in [0.2, 0.25) is 8.94 Å². The van der Waals surface area contributed by atoms with Crippen LogP contribution in [0, 0.1) is 0 Å². The van der Waals surface area contributed by atoms with Crippen LogP contribution in [0.3, 0.4) is 0 Å². The van der Waals surface area contributed by atoms with Crippen molar-refractivity contribution in [2.45, 2.75) is 203 Å². The van der Waals surface area contributed by atoms with Gasteiger partial charge in [-0.25, -0.2) is 0 Å². The van der Waals surface area contributed by atoms with Gasteiger partial charge in [0, 0.05) is 0 Å². The van der Waals surface area contributed by atoms with E-state index in [-0.39, 0.29) is 0 Å². The molecule has 0 aromatic carbocycles. The van der Waals surface area contributed by atoms with Crippen molar-refractivity contribution in [2.24, 2.45) is 0 Å². The van der Waals surface area contributed by atoms with Gasteiger partial charge in [0.2, 0.25) is 0 Å². The van der Waals surface area contributed by atoms with Crippen LogP contribution in [0.15, 0.2) is 0 Å². The van der Waals surface area contributed by atoms with Crippen LogP contribution in [0.25, 0.3) is 0 Å². The number of unbranched alkanes of at least 4 members (excludes halogenated alkanes) is 26. The summed E-state index contributed by atoms with van der Waals surface area (Å²) in [5.41, 5.74) is 0. The Morgan fingerprint density at radius 1 is 0.242 bits per heavy atom. The summed E-state index contributed by atoms with van der Waals surface area (Å²) in [6.45, 7) is 4.62. The van der Waals surface area contributed by atoms with Gasteiger partial charge in [0.25, 0.3) is 0 Å². The summed E-state index contributed by atoms with van der Waals surface area (Å²) < 4.78 is 3.25. The van der Waals surface area contributed by atoms with E-state index >= 15 is 0 Å². The predicted molar refractivity (Wildman–Crippen MR) is 156 cm³/mol. The van der Waals surface area contributed by atoms with Gasteiger partial charge in [0.05, 0.1) is 0 Å². The molecule has 0 amide bonds. The van der Waals surface area contributed by atoms with E-state index in [1.165, 1.54) is 167 Å². The van der Waals surface area contributed by atoms with Crippen LogP contribution in [0.4, 0.5) is 0 Å². The second-order valence-corrected chi connectivity index (χ2v) is 14.3. The van der Waals surface area contributed by atoms with Crippen LogP contribution < -0.4 is 0 Å². The average molecular weight is 578 g/mol. The summed E-state index contributed by atoms with van der Waals surface area (Å²) in [6.07, 6.45) is 41.7. The Morgan fingerprint density at radius 3 is 0.636 bits per heavy atom. The van der Waals surface area contributed by atoms with Gasteiger partial charge in [-0.3, -0.25) is 0 Å². The van der Waals surface area contributed by atoms with Crippen molar-refractivity contribution in [2.75, 3.05) is 0 Å². The maximum atomic E-state index is 2.31. The number of hydrogen-bond donors (Lipinski definition) is 0. The van der Waals surface area contributed by atoms with Crippen LogP contribution in [-0.4, -0.2) is 20.9 Å². The molecule has 0 heterocycles. The van der Waals surface area contributed by atoms with Crippen molar-refractivity contribution < 1.29 is 0 Å². The zero-order valence-corrected chi connectivity index (χ0v) is 26.0. The molecule has 33 heavy (non-hydrogen) atoms. The molecule has 0 unspecified atom stereocenters. The van der Waals surface area contributed by atoms with E-state index in [1.807, 2.05) is 0 Å². The minimum absolute atomic E-state index is 0.365. The maximum absolute atomic E-state index is 2.31. The van der Waals surface area contributed by atoms with Gasteiger partial charge in [-0.05, 0) is 0 Å². The second kappa shape index (κ2) is 32.8. The Balaban J connectivity index is 2.99. The average Bonchev–Trinajstić information content (AvgIpc) is 2.83.